The maximum absolute atomic E-state index is 14.6. The first-order valence-electron chi connectivity index (χ1n) is 15.4. The highest BCUT2D eigenvalue weighted by Crippen LogP contribution is 2.29. The zero-order chi connectivity index (χ0) is 34.3. The molecule has 14 nitrogen and oxygen atoms in total. The van der Waals surface area contributed by atoms with E-state index in [0.717, 1.165) is 12.1 Å². The Bertz CT molecular complexity index is 1200. The van der Waals surface area contributed by atoms with Crippen LogP contribution < -0.4 is 15.8 Å². The van der Waals surface area contributed by atoms with Crippen molar-refractivity contribution in [2.45, 2.75) is 38.0 Å². The molecule has 0 aliphatic heterocycles. The van der Waals surface area contributed by atoms with Crippen LogP contribution in [-0.4, -0.2) is 118 Å². The van der Waals surface area contributed by atoms with Gasteiger partial charge in [0.05, 0.1) is 84.9 Å². The topological polar surface area (TPSA) is 183 Å². The smallest absolute Gasteiger partial charge is 0.335 e. The van der Waals surface area contributed by atoms with E-state index in [2.05, 4.69) is 5.32 Å². The Hall–Kier alpha value is -2.77. The fraction of sp³-hybridized carbons (Fsp3) is 0.667. The number of ether oxygens (including phenoxy) is 7. The summed E-state index contributed by atoms with van der Waals surface area (Å²) in [7, 11) is -4.42. The molecular weight excluding hydrogens is 648 g/mol. The zero-order valence-electron chi connectivity index (χ0n) is 26.8. The lowest BCUT2D eigenvalue weighted by atomic mass is 9.99. The molecule has 0 heterocycles. The van der Waals surface area contributed by atoms with Crippen LogP contribution in [0.1, 0.15) is 31.7 Å². The number of hydrogen-bond acceptors (Lipinski definition) is 12. The summed E-state index contributed by atoms with van der Waals surface area (Å²) in [6, 6.07) is 1.84. The number of sulfonamides is 1. The minimum atomic E-state index is -4.42. The van der Waals surface area contributed by atoms with Crippen molar-refractivity contribution in [1.29, 1.82) is 0 Å². The number of esters is 1. The van der Waals surface area contributed by atoms with Crippen LogP contribution in [0.3, 0.4) is 0 Å². The normalized spacial score (nSPS) is 14.9. The summed E-state index contributed by atoms with van der Waals surface area (Å²) in [6.07, 6.45) is 2.42. The van der Waals surface area contributed by atoms with Crippen LogP contribution in [0.15, 0.2) is 23.8 Å². The van der Waals surface area contributed by atoms with Gasteiger partial charge in [-0.2, -0.15) is 0 Å². The van der Waals surface area contributed by atoms with Gasteiger partial charge in [0, 0.05) is 20.0 Å². The van der Waals surface area contributed by atoms with E-state index in [1.165, 1.54) is 13.0 Å². The van der Waals surface area contributed by atoms with Crippen molar-refractivity contribution in [3.8, 4) is 0 Å². The number of amides is 1. The summed E-state index contributed by atoms with van der Waals surface area (Å²) in [6.45, 7) is 6.08. The zero-order valence-corrected chi connectivity index (χ0v) is 27.6. The Morgan fingerprint density at radius 1 is 0.809 bits per heavy atom. The molecule has 0 radical (unpaired) electrons. The highest BCUT2D eigenvalue weighted by molar-refractivity contribution is 7.93. The first-order chi connectivity index (χ1) is 22.7. The largest absolute Gasteiger partial charge is 0.460 e. The summed E-state index contributed by atoms with van der Waals surface area (Å²) in [5.41, 5.74) is 4.44. The fourth-order valence-corrected chi connectivity index (χ4v) is 5.84. The molecule has 1 atom stereocenters. The van der Waals surface area contributed by atoms with Crippen LogP contribution in [-0.2, 0) is 59.3 Å². The maximum atomic E-state index is 14.6. The van der Waals surface area contributed by atoms with Crippen molar-refractivity contribution in [3.05, 3.63) is 41.0 Å². The maximum Gasteiger partial charge on any atom is 0.335 e. The lowest BCUT2D eigenvalue weighted by Crippen LogP contribution is -2.35. The second kappa shape index (κ2) is 23.5. The van der Waals surface area contributed by atoms with Gasteiger partial charge in [0.1, 0.15) is 17.5 Å². The standard InChI is InChI=1S/C30H47F2N3O11S/c1-23(36)34-22-24-20-26(31)29(27(32)21-24)35-47(38,39)28-5-3-2-4-25(28)30(37)46-19-18-45-17-16-44-15-14-43-13-12-42-11-10-41-9-8-40-7-6-33/h4,20-21,28,35H,2-3,5-19,22,33H2,1H3,(H,34,36). The summed E-state index contributed by atoms with van der Waals surface area (Å²) < 4.78 is 94.8. The molecule has 0 aromatic heterocycles. The van der Waals surface area contributed by atoms with Crippen molar-refractivity contribution in [1.82, 2.24) is 5.32 Å². The average Bonchev–Trinajstić information content (AvgIpc) is 3.04. The van der Waals surface area contributed by atoms with E-state index in [-0.39, 0.29) is 43.9 Å². The Balaban J connectivity index is 1.59. The van der Waals surface area contributed by atoms with Crippen LogP contribution >= 0.6 is 0 Å². The molecule has 1 aliphatic carbocycles. The molecule has 4 N–H and O–H groups in total. The molecule has 2 rings (SSSR count). The van der Waals surface area contributed by atoms with Crippen LogP contribution in [0.5, 0.6) is 0 Å². The van der Waals surface area contributed by atoms with Gasteiger partial charge in [-0.1, -0.05) is 6.08 Å². The summed E-state index contributed by atoms with van der Waals surface area (Å²) >= 11 is 0. The van der Waals surface area contributed by atoms with E-state index in [9.17, 15) is 26.8 Å². The van der Waals surface area contributed by atoms with Crippen LogP contribution in [0, 0.1) is 11.6 Å². The number of nitrogens with two attached hydrogens (primary N) is 1. The summed E-state index contributed by atoms with van der Waals surface area (Å²) in [5.74, 6) is -3.56. The van der Waals surface area contributed by atoms with Crippen molar-refractivity contribution < 1.29 is 59.9 Å². The highest BCUT2D eigenvalue weighted by atomic mass is 32.2. The minimum Gasteiger partial charge on any atom is -0.460 e. The first kappa shape index (κ1) is 40.4. The molecule has 1 amide bonds. The number of hydrogen-bond donors (Lipinski definition) is 3. The molecule has 47 heavy (non-hydrogen) atoms. The number of nitrogens with one attached hydrogen (secondary N) is 2. The van der Waals surface area contributed by atoms with Gasteiger partial charge in [0.15, 0.2) is 11.6 Å². The minimum absolute atomic E-state index is 0.0532. The van der Waals surface area contributed by atoms with Gasteiger partial charge in [0.25, 0.3) is 0 Å². The Morgan fingerprint density at radius 3 is 1.74 bits per heavy atom. The fourth-order valence-electron chi connectivity index (χ4n) is 4.21. The van der Waals surface area contributed by atoms with E-state index in [0.29, 0.717) is 85.5 Å². The third-order valence-electron chi connectivity index (χ3n) is 6.46. The number of anilines is 1. The van der Waals surface area contributed by atoms with E-state index < -0.39 is 44.5 Å². The van der Waals surface area contributed by atoms with E-state index in [1.807, 2.05) is 4.72 Å². The molecular formula is C30H47F2N3O11S. The van der Waals surface area contributed by atoms with Crippen LogP contribution in [0.25, 0.3) is 0 Å². The van der Waals surface area contributed by atoms with Crippen molar-refractivity contribution >= 4 is 27.6 Å². The molecule has 1 unspecified atom stereocenters. The number of halogens is 2. The second-order valence-corrected chi connectivity index (χ2v) is 12.0. The third kappa shape index (κ3) is 16.8. The number of carbonyl (C=O) groups is 2. The van der Waals surface area contributed by atoms with Crippen molar-refractivity contribution in [2.75, 3.05) is 97.2 Å². The van der Waals surface area contributed by atoms with Gasteiger partial charge in [-0.05, 0) is 37.0 Å². The Kier molecular flexibility index (Phi) is 20.2. The molecule has 1 aromatic carbocycles. The third-order valence-corrected chi connectivity index (χ3v) is 8.19. The van der Waals surface area contributed by atoms with Gasteiger partial charge in [-0.25, -0.2) is 22.0 Å². The predicted octanol–water partition coefficient (Wildman–Crippen LogP) is 1.42. The van der Waals surface area contributed by atoms with Crippen molar-refractivity contribution in [3.63, 3.8) is 0 Å². The number of allylic oxidation sites excluding steroid dienone is 1. The molecule has 0 spiro atoms. The van der Waals surface area contributed by atoms with E-state index in [1.54, 1.807) is 0 Å². The molecule has 1 aliphatic rings. The Labute approximate surface area is 274 Å². The lowest BCUT2D eigenvalue weighted by molar-refractivity contribution is -0.141. The summed E-state index contributed by atoms with van der Waals surface area (Å²) in [4.78, 5) is 23.8. The first-order valence-corrected chi connectivity index (χ1v) is 17.0. The molecule has 0 saturated carbocycles. The van der Waals surface area contributed by atoms with E-state index >= 15 is 0 Å². The number of rotatable bonds is 26. The molecule has 17 heteroatoms. The quantitative estimate of drug-likeness (QED) is 0.0938. The highest BCUT2D eigenvalue weighted by Gasteiger charge is 2.36. The van der Waals surface area contributed by atoms with Gasteiger partial charge in [0.2, 0.25) is 15.9 Å². The Morgan fingerprint density at radius 2 is 1.28 bits per heavy atom. The molecule has 1 aromatic rings. The lowest BCUT2D eigenvalue weighted by Gasteiger charge is -2.24. The van der Waals surface area contributed by atoms with Gasteiger partial charge in [-0.15, -0.1) is 0 Å². The van der Waals surface area contributed by atoms with Gasteiger partial charge >= 0.3 is 5.97 Å². The van der Waals surface area contributed by atoms with Gasteiger partial charge in [-0.3, -0.25) is 9.52 Å². The SMILES string of the molecule is CC(=O)NCc1cc(F)c(NS(=O)(=O)C2CCCC=C2C(=O)OCCOCCOCCOCCOCCOCCOCCN)c(F)c1. The average molecular weight is 696 g/mol. The molecule has 268 valence electrons. The number of benzene rings is 1. The molecule has 0 fully saturated rings. The molecule has 0 bridgehead atoms. The van der Waals surface area contributed by atoms with Gasteiger partial charge < -0.3 is 44.2 Å². The van der Waals surface area contributed by atoms with Crippen LogP contribution in [0.2, 0.25) is 0 Å². The number of carbonyl (C=O) groups excluding carboxylic acids is 2. The van der Waals surface area contributed by atoms with Crippen LogP contribution in [0.4, 0.5) is 14.5 Å². The second-order valence-electron chi connectivity index (χ2n) is 10.2. The van der Waals surface area contributed by atoms with Crippen molar-refractivity contribution in [2.24, 2.45) is 5.73 Å². The monoisotopic (exact) mass is 695 g/mol. The summed E-state index contributed by atoms with van der Waals surface area (Å²) in [5, 5.41) is 1.04. The predicted molar refractivity (Wildman–Crippen MR) is 167 cm³/mol. The van der Waals surface area contributed by atoms with E-state index in [4.69, 9.17) is 38.9 Å². The molecule has 0 saturated heterocycles.